The second kappa shape index (κ2) is 8.03. The second-order valence-electron chi connectivity index (χ2n) is 5.74. The van der Waals surface area contributed by atoms with Gasteiger partial charge < -0.3 is 4.90 Å². The number of amidine groups is 1. The molecule has 0 aromatic carbocycles. The molecule has 1 aromatic rings. The third-order valence-corrected chi connectivity index (χ3v) is 4.12. The molecule has 0 radical (unpaired) electrons. The first-order valence-electron chi connectivity index (χ1n) is 7.93. The van der Waals surface area contributed by atoms with Gasteiger partial charge in [-0.15, -0.1) is 0 Å². The molecular formula is C16H23F2N5O. The van der Waals surface area contributed by atoms with Gasteiger partial charge in [0.2, 0.25) is 0 Å². The summed E-state index contributed by atoms with van der Waals surface area (Å²) in [5.74, 6) is 0.499. The minimum absolute atomic E-state index is 0.00148. The van der Waals surface area contributed by atoms with Crippen molar-refractivity contribution in [1.29, 1.82) is 0 Å². The Labute approximate surface area is 140 Å². The number of halogens is 2. The number of nitrogens with one attached hydrogen (secondary N) is 1. The molecule has 1 N–H and O–H groups in total. The molecule has 1 aliphatic rings. The van der Waals surface area contributed by atoms with E-state index in [4.69, 9.17) is 0 Å². The normalized spacial score (nSPS) is 17.1. The second-order valence-corrected chi connectivity index (χ2v) is 5.74. The quantitative estimate of drug-likeness (QED) is 0.680. The molecule has 0 unspecified atom stereocenters. The molecule has 0 atom stereocenters. The van der Waals surface area contributed by atoms with Crippen LogP contribution < -0.4 is 5.32 Å². The highest BCUT2D eigenvalue weighted by molar-refractivity contribution is 6.03. The Kier molecular flexibility index (Phi) is 6.05. The molecule has 2 rings (SSSR count). The summed E-state index contributed by atoms with van der Waals surface area (Å²) >= 11 is 0. The minimum atomic E-state index is -2.58. The van der Waals surface area contributed by atoms with E-state index in [1.807, 2.05) is 6.92 Å². The van der Waals surface area contributed by atoms with Gasteiger partial charge in [0.25, 0.3) is 6.43 Å². The van der Waals surface area contributed by atoms with Gasteiger partial charge in [-0.2, -0.15) is 5.10 Å². The molecule has 0 bridgehead atoms. The van der Waals surface area contributed by atoms with Gasteiger partial charge in [-0.25, -0.2) is 13.6 Å². The lowest BCUT2D eigenvalue weighted by molar-refractivity contribution is 0.142. The first kappa shape index (κ1) is 18.1. The fraction of sp³-hybridized carbons (Fsp3) is 0.562. The average molecular weight is 339 g/mol. The van der Waals surface area contributed by atoms with Crippen molar-refractivity contribution in [2.75, 3.05) is 20.1 Å². The van der Waals surface area contributed by atoms with Gasteiger partial charge in [0.15, 0.2) is 0 Å². The van der Waals surface area contributed by atoms with E-state index < -0.39 is 6.43 Å². The Balaban J connectivity index is 1.97. The number of hydrogen-bond acceptors (Lipinski definition) is 3. The van der Waals surface area contributed by atoms with Crippen molar-refractivity contribution in [1.82, 2.24) is 20.0 Å². The standard InChI is InChI=1S/C16H23F2N5O/c1-4-5-13(19-2)20-16(24)23-8-6-11(7-9-23)12-10-22(3)21-14(12)15(17)18/h4-5,10-11,15H,6-9H2,1-3H3,(H,19,20,24)/b5-4-. The number of nitrogens with zero attached hydrogens (tertiary/aromatic N) is 4. The summed E-state index contributed by atoms with van der Waals surface area (Å²) in [4.78, 5) is 17.9. The van der Waals surface area contributed by atoms with E-state index in [2.05, 4.69) is 15.4 Å². The number of amides is 2. The van der Waals surface area contributed by atoms with Gasteiger partial charge in [-0.1, -0.05) is 6.08 Å². The highest BCUT2D eigenvalue weighted by Crippen LogP contribution is 2.33. The van der Waals surface area contributed by atoms with Gasteiger partial charge in [0.1, 0.15) is 11.5 Å². The molecule has 1 fully saturated rings. The zero-order chi connectivity index (χ0) is 17.7. The van der Waals surface area contributed by atoms with E-state index in [0.29, 0.717) is 37.3 Å². The number of aryl methyl sites for hydroxylation is 1. The van der Waals surface area contributed by atoms with Gasteiger partial charge >= 0.3 is 6.03 Å². The average Bonchev–Trinajstić information content (AvgIpc) is 2.96. The zero-order valence-corrected chi connectivity index (χ0v) is 14.2. The van der Waals surface area contributed by atoms with Crippen LogP contribution in [0.5, 0.6) is 0 Å². The van der Waals surface area contributed by atoms with Gasteiger partial charge in [0, 0.05) is 38.9 Å². The van der Waals surface area contributed by atoms with E-state index in [9.17, 15) is 13.6 Å². The molecule has 0 aliphatic carbocycles. The molecule has 0 saturated carbocycles. The maximum atomic E-state index is 13.1. The number of allylic oxidation sites excluding steroid dienone is 1. The largest absolute Gasteiger partial charge is 0.324 e. The summed E-state index contributed by atoms with van der Waals surface area (Å²) in [5.41, 5.74) is 0.450. The fourth-order valence-electron chi connectivity index (χ4n) is 2.92. The Morgan fingerprint density at radius 2 is 2.12 bits per heavy atom. The summed E-state index contributed by atoms with van der Waals surface area (Å²) in [7, 11) is 3.25. The SMILES string of the molecule is C/C=C\C(=NC)NC(=O)N1CCC(c2cn(C)nc2C(F)F)CC1. The molecule has 6 nitrogen and oxygen atoms in total. The van der Waals surface area contributed by atoms with Crippen LogP contribution in [0.15, 0.2) is 23.3 Å². The molecule has 1 aliphatic heterocycles. The molecule has 0 spiro atoms. The monoisotopic (exact) mass is 339 g/mol. The summed E-state index contributed by atoms with van der Waals surface area (Å²) in [5, 5.41) is 6.60. The topological polar surface area (TPSA) is 62.5 Å². The maximum absolute atomic E-state index is 13.1. The number of carbonyl (C=O) groups excluding carboxylic acids is 1. The number of rotatable bonds is 3. The van der Waals surface area contributed by atoms with Crippen LogP contribution in [0.1, 0.15) is 43.4 Å². The molecule has 24 heavy (non-hydrogen) atoms. The van der Waals surface area contributed by atoms with Crippen molar-refractivity contribution in [3.63, 3.8) is 0 Å². The third kappa shape index (κ3) is 4.18. The predicted octanol–water partition coefficient (Wildman–Crippen LogP) is 2.85. The van der Waals surface area contributed by atoms with Gasteiger partial charge in [-0.3, -0.25) is 15.0 Å². The highest BCUT2D eigenvalue weighted by Gasteiger charge is 2.29. The van der Waals surface area contributed by atoms with E-state index in [-0.39, 0.29) is 17.6 Å². The lowest BCUT2D eigenvalue weighted by Crippen LogP contribution is -2.45. The minimum Gasteiger partial charge on any atom is -0.324 e. The van der Waals surface area contributed by atoms with E-state index >= 15 is 0 Å². The fourth-order valence-corrected chi connectivity index (χ4v) is 2.92. The summed E-state index contributed by atoms with van der Waals surface area (Å²) < 4.78 is 27.6. The Morgan fingerprint density at radius 1 is 1.46 bits per heavy atom. The smallest absolute Gasteiger partial charge is 0.322 e. The summed E-state index contributed by atoms with van der Waals surface area (Å²) in [6.07, 6.45) is 3.88. The Hall–Kier alpha value is -2.25. The molecule has 132 valence electrons. The molecule has 2 heterocycles. The lowest BCUT2D eigenvalue weighted by Gasteiger charge is -2.32. The number of hydrogen-bond donors (Lipinski definition) is 1. The highest BCUT2D eigenvalue weighted by atomic mass is 19.3. The van der Waals surface area contributed by atoms with Crippen molar-refractivity contribution in [2.24, 2.45) is 12.0 Å². The first-order valence-corrected chi connectivity index (χ1v) is 7.93. The molecule has 1 saturated heterocycles. The summed E-state index contributed by atoms with van der Waals surface area (Å²) in [6, 6.07) is -0.215. The third-order valence-electron chi connectivity index (χ3n) is 4.12. The number of carbonyl (C=O) groups is 1. The van der Waals surface area contributed by atoms with Crippen molar-refractivity contribution in [3.8, 4) is 0 Å². The lowest BCUT2D eigenvalue weighted by atomic mass is 9.90. The van der Waals surface area contributed by atoms with Crippen LogP contribution in [0.2, 0.25) is 0 Å². The molecule has 2 amide bonds. The van der Waals surface area contributed by atoms with Crippen molar-refractivity contribution < 1.29 is 13.6 Å². The van der Waals surface area contributed by atoms with E-state index in [1.54, 1.807) is 37.3 Å². The number of likely N-dealkylation sites (tertiary alicyclic amines) is 1. The van der Waals surface area contributed by atoms with Crippen LogP contribution in [0.4, 0.5) is 13.6 Å². The molecular weight excluding hydrogens is 316 g/mol. The number of aliphatic imine (C=N–C) groups is 1. The van der Waals surface area contributed by atoms with Crippen LogP contribution in [-0.2, 0) is 7.05 Å². The first-order chi connectivity index (χ1) is 11.5. The maximum Gasteiger partial charge on any atom is 0.322 e. The van der Waals surface area contributed by atoms with Crippen molar-refractivity contribution >= 4 is 11.9 Å². The van der Waals surface area contributed by atoms with Crippen LogP contribution in [0.25, 0.3) is 0 Å². The number of alkyl halides is 2. The number of aromatic nitrogens is 2. The Bertz CT molecular complexity index is 630. The molecule has 1 aromatic heterocycles. The predicted molar refractivity (Wildman–Crippen MR) is 88.4 cm³/mol. The van der Waals surface area contributed by atoms with Crippen LogP contribution in [0, 0.1) is 0 Å². The van der Waals surface area contributed by atoms with E-state index in [1.165, 1.54) is 4.68 Å². The molecule has 8 heteroatoms. The van der Waals surface area contributed by atoms with Crippen molar-refractivity contribution in [2.45, 2.75) is 32.1 Å². The van der Waals surface area contributed by atoms with Gasteiger partial charge in [-0.05, 0) is 31.8 Å². The van der Waals surface area contributed by atoms with Crippen molar-refractivity contribution in [3.05, 3.63) is 29.6 Å². The Morgan fingerprint density at radius 3 is 2.67 bits per heavy atom. The number of piperidine rings is 1. The number of urea groups is 1. The van der Waals surface area contributed by atoms with Crippen LogP contribution in [0.3, 0.4) is 0 Å². The van der Waals surface area contributed by atoms with Gasteiger partial charge in [0.05, 0.1) is 0 Å². The van der Waals surface area contributed by atoms with Crippen LogP contribution >= 0.6 is 0 Å². The zero-order valence-electron chi connectivity index (χ0n) is 14.2. The van der Waals surface area contributed by atoms with Crippen LogP contribution in [-0.4, -0.2) is 46.7 Å². The summed E-state index contributed by atoms with van der Waals surface area (Å²) in [6.45, 7) is 2.87. The van der Waals surface area contributed by atoms with E-state index in [0.717, 1.165) is 0 Å².